The van der Waals surface area contributed by atoms with Gasteiger partial charge in [0.05, 0.1) is 10.9 Å². The van der Waals surface area contributed by atoms with Crippen molar-refractivity contribution in [2.24, 2.45) is 5.92 Å². The van der Waals surface area contributed by atoms with Gasteiger partial charge in [0.2, 0.25) is 0 Å². The summed E-state index contributed by atoms with van der Waals surface area (Å²) >= 11 is 11.7. The lowest BCUT2D eigenvalue weighted by molar-refractivity contribution is -0.158. The average Bonchev–Trinajstić information content (AvgIpc) is 2.62. The molecule has 1 aliphatic rings. The summed E-state index contributed by atoms with van der Waals surface area (Å²) in [6.45, 7) is 1.69. The number of hydrogen-bond donors (Lipinski definition) is 1. The molecule has 1 aromatic heterocycles. The number of ether oxygens (including phenoxy) is 2. The predicted octanol–water partition coefficient (Wildman–Crippen LogP) is 3.51. The van der Waals surface area contributed by atoms with Crippen LogP contribution >= 0.6 is 23.2 Å². The fraction of sp³-hybridized carbons (Fsp3) is 0.278. The standard InChI is InChI=1S/C18H16Cl2N2O4/c1-10(17(23)22-16-5-3-14(20)8-21-16)26-18(24)12-6-11-7-13(19)2-4-15(11)25-9-12/h2-5,7-8,10,12H,6,9H2,1H3,(H,21,22,23)/t10-,12+/m0/s1. The van der Waals surface area contributed by atoms with Gasteiger partial charge in [0.25, 0.3) is 5.91 Å². The van der Waals surface area contributed by atoms with Crippen molar-refractivity contribution in [1.29, 1.82) is 0 Å². The van der Waals surface area contributed by atoms with Crippen molar-refractivity contribution in [2.45, 2.75) is 19.4 Å². The van der Waals surface area contributed by atoms with E-state index in [1.54, 1.807) is 30.3 Å². The number of fused-ring (bicyclic) bond motifs is 1. The van der Waals surface area contributed by atoms with E-state index >= 15 is 0 Å². The van der Waals surface area contributed by atoms with E-state index in [1.165, 1.54) is 13.1 Å². The lowest BCUT2D eigenvalue weighted by atomic mass is 9.97. The zero-order valence-corrected chi connectivity index (χ0v) is 15.4. The molecule has 8 heteroatoms. The molecule has 0 radical (unpaired) electrons. The van der Waals surface area contributed by atoms with Crippen LogP contribution in [0.3, 0.4) is 0 Å². The first-order valence-electron chi connectivity index (χ1n) is 7.96. The van der Waals surface area contributed by atoms with Crippen LogP contribution in [0, 0.1) is 5.92 Å². The largest absolute Gasteiger partial charge is 0.492 e. The highest BCUT2D eigenvalue weighted by atomic mass is 35.5. The number of nitrogens with zero attached hydrogens (tertiary/aromatic N) is 1. The summed E-state index contributed by atoms with van der Waals surface area (Å²) < 4.78 is 10.9. The van der Waals surface area contributed by atoms with Crippen LogP contribution in [0.15, 0.2) is 36.5 Å². The van der Waals surface area contributed by atoms with Gasteiger partial charge >= 0.3 is 5.97 Å². The molecule has 26 heavy (non-hydrogen) atoms. The second kappa shape index (κ2) is 7.93. The monoisotopic (exact) mass is 394 g/mol. The van der Waals surface area contributed by atoms with E-state index in [-0.39, 0.29) is 6.61 Å². The Morgan fingerprint density at radius 3 is 2.77 bits per heavy atom. The molecular formula is C18H16Cl2N2O4. The van der Waals surface area contributed by atoms with Gasteiger partial charge in [0.1, 0.15) is 18.2 Å². The second-order valence-corrected chi connectivity index (χ2v) is 6.77. The van der Waals surface area contributed by atoms with Gasteiger partial charge in [-0.2, -0.15) is 0 Å². The zero-order valence-electron chi connectivity index (χ0n) is 13.9. The molecule has 1 amide bonds. The zero-order chi connectivity index (χ0) is 18.7. The highest BCUT2D eigenvalue weighted by Gasteiger charge is 2.30. The summed E-state index contributed by atoms with van der Waals surface area (Å²) in [6, 6.07) is 8.43. The van der Waals surface area contributed by atoms with Crippen LogP contribution in [-0.4, -0.2) is 29.6 Å². The number of esters is 1. The number of carbonyl (C=O) groups excluding carboxylic acids is 2. The molecule has 0 spiro atoms. The molecule has 1 aromatic carbocycles. The number of benzene rings is 1. The van der Waals surface area contributed by atoms with Gasteiger partial charge in [0, 0.05) is 11.2 Å². The number of carbonyl (C=O) groups is 2. The van der Waals surface area contributed by atoms with E-state index < -0.39 is 23.9 Å². The topological polar surface area (TPSA) is 77.5 Å². The molecule has 1 N–H and O–H groups in total. The molecule has 136 valence electrons. The van der Waals surface area contributed by atoms with E-state index in [0.29, 0.717) is 28.0 Å². The number of hydrogen-bond acceptors (Lipinski definition) is 5. The fourth-order valence-electron chi connectivity index (χ4n) is 2.52. The third-order valence-corrected chi connectivity index (χ3v) is 4.36. The Hall–Kier alpha value is -2.31. The number of anilines is 1. The third kappa shape index (κ3) is 4.45. The van der Waals surface area contributed by atoms with Crippen molar-refractivity contribution >= 4 is 40.9 Å². The summed E-state index contributed by atoms with van der Waals surface area (Å²) in [7, 11) is 0. The molecule has 6 nitrogen and oxygen atoms in total. The van der Waals surface area contributed by atoms with E-state index in [1.807, 2.05) is 0 Å². The normalized spacial score (nSPS) is 16.8. The predicted molar refractivity (Wildman–Crippen MR) is 97.6 cm³/mol. The van der Waals surface area contributed by atoms with Crippen molar-refractivity contribution in [2.75, 3.05) is 11.9 Å². The smallest absolute Gasteiger partial charge is 0.313 e. The Balaban J connectivity index is 1.57. The van der Waals surface area contributed by atoms with E-state index in [2.05, 4.69) is 10.3 Å². The third-order valence-electron chi connectivity index (χ3n) is 3.90. The molecule has 0 saturated heterocycles. The Labute approximate surface area is 160 Å². The van der Waals surface area contributed by atoms with Crippen molar-refractivity contribution in [3.63, 3.8) is 0 Å². The van der Waals surface area contributed by atoms with Crippen molar-refractivity contribution in [3.8, 4) is 5.75 Å². The van der Waals surface area contributed by atoms with Gasteiger partial charge in [-0.15, -0.1) is 0 Å². The molecule has 0 aliphatic carbocycles. The maximum atomic E-state index is 12.4. The van der Waals surface area contributed by atoms with Crippen LogP contribution in [0.1, 0.15) is 12.5 Å². The first-order chi connectivity index (χ1) is 12.4. The van der Waals surface area contributed by atoms with Gasteiger partial charge in [-0.05, 0) is 49.2 Å². The number of nitrogens with one attached hydrogen (secondary N) is 1. The number of aromatic nitrogens is 1. The van der Waals surface area contributed by atoms with Gasteiger partial charge in [-0.1, -0.05) is 23.2 Å². The molecule has 3 rings (SSSR count). The van der Waals surface area contributed by atoms with Crippen molar-refractivity contribution in [1.82, 2.24) is 4.98 Å². The van der Waals surface area contributed by atoms with Crippen molar-refractivity contribution < 1.29 is 19.1 Å². The van der Waals surface area contributed by atoms with E-state index in [4.69, 9.17) is 32.7 Å². The first-order valence-corrected chi connectivity index (χ1v) is 8.72. The summed E-state index contributed by atoms with van der Waals surface area (Å²) in [5.74, 6) is -0.439. The maximum absolute atomic E-state index is 12.4. The summed E-state index contributed by atoms with van der Waals surface area (Å²) in [5.41, 5.74) is 0.841. The second-order valence-electron chi connectivity index (χ2n) is 5.89. The average molecular weight is 395 g/mol. The minimum atomic E-state index is -0.972. The van der Waals surface area contributed by atoms with Crippen LogP contribution in [-0.2, 0) is 20.7 Å². The Morgan fingerprint density at radius 2 is 2.04 bits per heavy atom. The van der Waals surface area contributed by atoms with E-state index in [0.717, 1.165) is 5.56 Å². The lowest BCUT2D eigenvalue weighted by Crippen LogP contribution is -2.36. The Morgan fingerprint density at radius 1 is 1.27 bits per heavy atom. The molecule has 0 fully saturated rings. The van der Waals surface area contributed by atoms with Crippen LogP contribution in [0.25, 0.3) is 0 Å². The maximum Gasteiger partial charge on any atom is 0.313 e. The number of pyridine rings is 1. The summed E-state index contributed by atoms with van der Waals surface area (Å²) in [6.07, 6.45) is 0.887. The van der Waals surface area contributed by atoms with Gasteiger partial charge < -0.3 is 14.8 Å². The van der Waals surface area contributed by atoms with Crippen LogP contribution in [0.4, 0.5) is 5.82 Å². The summed E-state index contributed by atoms with van der Waals surface area (Å²) in [4.78, 5) is 28.5. The van der Waals surface area contributed by atoms with Gasteiger partial charge in [0.15, 0.2) is 6.10 Å². The van der Waals surface area contributed by atoms with Gasteiger partial charge in [-0.3, -0.25) is 9.59 Å². The van der Waals surface area contributed by atoms with E-state index in [9.17, 15) is 9.59 Å². The fourth-order valence-corrected chi connectivity index (χ4v) is 2.82. The Bertz CT molecular complexity index is 826. The number of halogens is 2. The molecule has 2 aromatic rings. The van der Waals surface area contributed by atoms with Crippen LogP contribution in [0.5, 0.6) is 5.75 Å². The SMILES string of the molecule is C[C@H](OC(=O)[C@H]1COc2ccc(Cl)cc2C1)C(=O)Nc1ccc(Cl)cn1. The molecule has 2 heterocycles. The highest BCUT2D eigenvalue weighted by molar-refractivity contribution is 6.30. The molecule has 0 unspecified atom stereocenters. The minimum Gasteiger partial charge on any atom is -0.492 e. The van der Waals surface area contributed by atoms with Gasteiger partial charge in [-0.25, -0.2) is 4.98 Å². The minimum absolute atomic E-state index is 0.195. The molecular weight excluding hydrogens is 379 g/mol. The highest BCUT2D eigenvalue weighted by Crippen LogP contribution is 2.30. The summed E-state index contributed by atoms with van der Waals surface area (Å²) in [5, 5.41) is 3.60. The quantitative estimate of drug-likeness (QED) is 0.802. The van der Waals surface area contributed by atoms with Crippen molar-refractivity contribution in [3.05, 3.63) is 52.1 Å². The first kappa shape index (κ1) is 18.5. The lowest BCUT2D eigenvalue weighted by Gasteiger charge is -2.25. The molecule has 0 bridgehead atoms. The number of rotatable bonds is 4. The number of amides is 1. The molecule has 2 atom stereocenters. The van der Waals surface area contributed by atoms with Crippen LogP contribution in [0.2, 0.25) is 10.0 Å². The van der Waals surface area contributed by atoms with Crippen LogP contribution < -0.4 is 10.1 Å². The Kier molecular flexibility index (Phi) is 5.64. The molecule has 0 saturated carbocycles. The molecule has 1 aliphatic heterocycles.